The second-order valence-electron chi connectivity index (χ2n) is 4.46. The number of nitrogens with one attached hydrogen (secondary N) is 1. The molecule has 0 saturated heterocycles. The van der Waals surface area contributed by atoms with Crippen LogP contribution < -0.4 is 11.1 Å². The minimum Gasteiger partial charge on any atom is -0.478 e. The normalized spacial score (nSPS) is 22.8. The van der Waals surface area contributed by atoms with Crippen LogP contribution in [-0.4, -0.2) is 17.6 Å². The quantitative estimate of drug-likeness (QED) is 0.679. The Morgan fingerprint density at radius 2 is 2.31 bits per heavy atom. The lowest BCUT2D eigenvalue weighted by molar-refractivity contribution is 0.0697. The predicted octanol–water partition coefficient (Wildman–Crippen LogP) is 2.03. The van der Waals surface area contributed by atoms with Crippen LogP contribution in [0.5, 0.6) is 0 Å². The minimum absolute atomic E-state index is 0.225. The van der Waals surface area contributed by atoms with E-state index in [0.29, 0.717) is 5.69 Å². The van der Waals surface area contributed by atoms with Gasteiger partial charge in [-0.3, -0.25) is 0 Å². The maximum Gasteiger partial charge on any atom is 0.335 e. The van der Waals surface area contributed by atoms with E-state index in [4.69, 9.17) is 10.8 Å². The molecule has 2 rings (SSSR count). The van der Waals surface area contributed by atoms with E-state index in [9.17, 15) is 4.79 Å². The zero-order chi connectivity index (χ0) is 11.7. The summed E-state index contributed by atoms with van der Waals surface area (Å²) in [6, 6.07) is 4.78. The third kappa shape index (κ3) is 2.27. The fraction of sp³-hybridized carbons (Fsp3) is 0.417. The number of carbonyl (C=O) groups is 1. The molecule has 1 fully saturated rings. The standard InChI is InChI=1S/C12H16N2O2/c1-7-4-9(7)6-14-11-3-2-8(12(15)16)5-10(11)13/h2-3,5,7,9,14H,4,6,13H2,1H3,(H,15,16). The van der Waals surface area contributed by atoms with Gasteiger partial charge in [0.15, 0.2) is 0 Å². The molecule has 0 aromatic heterocycles. The van der Waals surface area contributed by atoms with Crippen molar-refractivity contribution < 1.29 is 9.90 Å². The summed E-state index contributed by atoms with van der Waals surface area (Å²) in [6.45, 7) is 3.14. The molecule has 0 heterocycles. The molecule has 4 nitrogen and oxygen atoms in total. The highest BCUT2D eigenvalue weighted by molar-refractivity contribution is 5.90. The third-order valence-corrected chi connectivity index (χ3v) is 3.13. The van der Waals surface area contributed by atoms with Crippen LogP contribution in [0, 0.1) is 11.8 Å². The highest BCUT2D eigenvalue weighted by atomic mass is 16.4. The van der Waals surface area contributed by atoms with E-state index in [-0.39, 0.29) is 5.56 Å². The summed E-state index contributed by atoms with van der Waals surface area (Å²) in [6.07, 6.45) is 1.26. The first-order valence-corrected chi connectivity index (χ1v) is 5.44. The van der Waals surface area contributed by atoms with Gasteiger partial charge in [-0.2, -0.15) is 0 Å². The Bertz CT molecular complexity index is 417. The van der Waals surface area contributed by atoms with Gasteiger partial charge in [0.1, 0.15) is 0 Å². The molecule has 2 unspecified atom stereocenters. The van der Waals surface area contributed by atoms with Gasteiger partial charge in [-0.15, -0.1) is 0 Å². The molecule has 1 aromatic rings. The van der Waals surface area contributed by atoms with Gasteiger partial charge in [-0.25, -0.2) is 4.79 Å². The smallest absolute Gasteiger partial charge is 0.335 e. The molecule has 86 valence electrons. The van der Waals surface area contributed by atoms with Gasteiger partial charge in [0.05, 0.1) is 16.9 Å². The van der Waals surface area contributed by atoms with Gasteiger partial charge >= 0.3 is 5.97 Å². The highest BCUT2D eigenvalue weighted by Gasteiger charge is 2.31. The average Bonchev–Trinajstić information content (AvgIpc) is 2.92. The number of anilines is 2. The first-order valence-electron chi connectivity index (χ1n) is 5.44. The molecule has 1 aliphatic rings. The predicted molar refractivity (Wildman–Crippen MR) is 63.6 cm³/mol. The monoisotopic (exact) mass is 220 g/mol. The molecule has 2 atom stereocenters. The minimum atomic E-state index is -0.950. The fourth-order valence-corrected chi connectivity index (χ4v) is 1.78. The summed E-state index contributed by atoms with van der Waals surface area (Å²) in [5, 5.41) is 12.0. The van der Waals surface area contributed by atoms with Gasteiger partial charge < -0.3 is 16.2 Å². The number of nitrogens with two attached hydrogens (primary N) is 1. The second kappa shape index (κ2) is 4.04. The van der Waals surface area contributed by atoms with Gasteiger partial charge in [0, 0.05) is 6.54 Å². The molecule has 1 aliphatic carbocycles. The molecule has 0 radical (unpaired) electrons. The summed E-state index contributed by atoms with van der Waals surface area (Å²) < 4.78 is 0. The van der Waals surface area contributed by atoms with E-state index in [1.165, 1.54) is 12.5 Å². The second-order valence-corrected chi connectivity index (χ2v) is 4.46. The summed E-state index contributed by atoms with van der Waals surface area (Å²) in [5.41, 5.74) is 7.32. The van der Waals surface area contributed by atoms with E-state index in [1.54, 1.807) is 12.1 Å². The number of carboxylic acids is 1. The first kappa shape index (κ1) is 10.8. The van der Waals surface area contributed by atoms with Gasteiger partial charge in [-0.05, 0) is 36.5 Å². The Kier molecular flexibility index (Phi) is 2.73. The largest absolute Gasteiger partial charge is 0.478 e. The number of hydrogen-bond acceptors (Lipinski definition) is 3. The molecule has 1 aromatic carbocycles. The van der Waals surface area contributed by atoms with Crippen molar-refractivity contribution in [2.75, 3.05) is 17.6 Å². The van der Waals surface area contributed by atoms with E-state index < -0.39 is 5.97 Å². The van der Waals surface area contributed by atoms with Crippen LogP contribution in [0.4, 0.5) is 11.4 Å². The SMILES string of the molecule is CC1CC1CNc1ccc(C(=O)O)cc1N. The van der Waals surface area contributed by atoms with E-state index in [2.05, 4.69) is 12.2 Å². The molecule has 0 bridgehead atoms. The van der Waals surface area contributed by atoms with Crippen molar-refractivity contribution in [3.8, 4) is 0 Å². The van der Waals surface area contributed by atoms with Crippen LogP contribution in [0.3, 0.4) is 0 Å². The Balaban J connectivity index is 2.01. The van der Waals surface area contributed by atoms with Crippen LogP contribution in [-0.2, 0) is 0 Å². The van der Waals surface area contributed by atoms with Crippen molar-refractivity contribution in [2.24, 2.45) is 11.8 Å². The van der Waals surface area contributed by atoms with Crippen LogP contribution in [0.25, 0.3) is 0 Å². The van der Waals surface area contributed by atoms with E-state index in [1.807, 2.05) is 0 Å². The zero-order valence-corrected chi connectivity index (χ0v) is 9.23. The number of hydrogen-bond donors (Lipinski definition) is 3. The Hall–Kier alpha value is -1.71. The Labute approximate surface area is 94.5 Å². The lowest BCUT2D eigenvalue weighted by atomic mass is 10.1. The lowest BCUT2D eigenvalue weighted by Crippen LogP contribution is -2.07. The first-order chi connectivity index (χ1) is 7.58. The maximum absolute atomic E-state index is 10.7. The molecule has 4 N–H and O–H groups in total. The third-order valence-electron chi connectivity index (χ3n) is 3.13. The fourth-order valence-electron chi connectivity index (χ4n) is 1.78. The van der Waals surface area contributed by atoms with Crippen LogP contribution in [0.15, 0.2) is 18.2 Å². The van der Waals surface area contributed by atoms with E-state index >= 15 is 0 Å². The van der Waals surface area contributed by atoms with Crippen molar-refractivity contribution in [1.29, 1.82) is 0 Å². The van der Waals surface area contributed by atoms with Gasteiger partial charge in [0.2, 0.25) is 0 Å². The number of benzene rings is 1. The molecule has 1 saturated carbocycles. The van der Waals surface area contributed by atoms with E-state index in [0.717, 1.165) is 24.1 Å². The Morgan fingerprint density at radius 3 is 2.81 bits per heavy atom. The van der Waals surface area contributed by atoms with Gasteiger partial charge in [-0.1, -0.05) is 6.92 Å². The molecule has 0 aliphatic heterocycles. The average molecular weight is 220 g/mol. The van der Waals surface area contributed by atoms with Crippen molar-refractivity contribution in [1.82, 2.24) is 0 Å². The maximum atomic E-state index is 10.7. The number of rotatable bonds is 4. The molecular weight excluding hydrogens is 204 g/mol. The van der Waals surface area contributed by atoms with Crippen LogP contribution in [0.2, 0.25) is 0 Å². The molecule has 4 heteroatoms. The zero-order valence-electron chi connectivity index (χ0n) is 9.23. The Morgan fingerprint density at radius 1 is 1.62 bits per heavy atom. The molecule has 16 heavy (non-hydrogen) atoms. The summed E-state index contributed by atoms with van der Waals surface area (Å²) in [5.74, 6) is 0.583. The van der Waals surface area contributed by atoms with Crippen molar-refractivity contribution in [3.05, 3.63) is 23.8 Å². The molecule has 0 spiro atoms. The number of carboxylic acid groups (broad SMARTS) is 1. The topological polar surface area (TPSA) is 75.3 Å². The highest BCUT2D eigenvalue weighted by Crippen LogP contribution is 2.37. The molecule has 0 amide bonds. The van der Waals surface area contributed by atoms with Crippen molar-refractivity contribution in [2.45, 2.75) is 13.3 Å². The van der Waals surface area contributed by atoms with Crippen molar-refractivity contribution in [3.63, 3.8) is 0 Å². The summed E-state index contributed by atoms with van der Waals surface area (Å²) >= 11 is 0. The lowest BCUT2D eigenvalue weighted by Gasteiger charge is -2.09. The summed E-state index contributed by atoms with van der Waals surface area (Å²) in [4.78, 5) is 10.7. The number of aromatic carboxylic acids is 1. The molecular formula is C12H16N2O2. The van der Waals surface area contributed by atoms with Gasteiger partial charge in [0.25, 0.3) is 0 Å². The van der Waals surface area contributed by atoms with Crippen molar-refractivity contribution >= 4 is 17.3 Å². The van der Waals surface area contributed by atoms with Crippen LogP contribution in [0.1, 0.15) is 23.7 Å². The van der Waals surface area contributed by atoms with Crippen LogP contribution >= 0.6 is 0 Å². The summed E-state index contributed by atoms with van der Waals surface area (Å²) in [7, 11) is 0. The number of nitrogen functional groups attached to an aromatic ring is 1.